The minimum Gasteiger partial charge on any atom is -0.379 e. The third kappa shape index (κ3) is 3.02. The van der Waals surface area contributed by atoms with E-state index in [1.54, 1.807) is 0 Å². The largest absolute Gasteiger partial charge is 0.379 e. The average molecular weight is 523 g/mol. The van der Waals surface area contributed by atoms with Crippen molar-refractivity contribution in [3.05, 3.63) is 18.3 Å². The molecule has 1 aromatic rings. The SMILES string of the molecule is CN1CCN(S(c2ccc[nH]2)(N2CCCCC2)(N2CCCC2)(N2CCNCC2)N2CCOCC2)CC1. The lowest BCUT2D eigenvalue weighted by molar-refractivity contribution is 0.0433. The van der Waals surface area contributed by atoms with Gasteiger partial charge in [-0.3, -0.25) is 0 Å². The third-order valence-electron chi connectivity index (χ3n) is 9.90. The Bertz CT molecular complexity index is 815. The topological polar surface area (TPSA) is 56.5 Å². The maximum absolute atomic E-state index is 6.12. The second kappa shape index (κ2) is 9.81. The van der Waals surface area contributed by atoms with E-state index in [4.69, 9.17) is 4.74 Å². The summed E-state index contributed by atoms with van der Waals surface area (Å²) in [4.78, 5) is 6.55. The van der Waals surface area contributed by atoms with Gasteiger partial charge >= 0.3 is 0 Å². The van der Waals surface area contributed by atoms with Crippen LogP contribution in [-0.4, -0.2) is 143 Å². The first-order valence-electron chi connectivity index (χ1n) is 14.6. The molecule has 9 nitrogen and oxygen atoms in total. The fourth-order valence-electron chi connectivity index (χ4n) is 8.55. The minimum absolute atomic E-state index is 0.822. The van der Waals surface area contributed by atoms with E-state index in [9.17, 15) is 0 Å². The van der Waals surface area contributed by atoms with E-state index >= 15 is 0 Å². The van der Waals surface area contributed by atoms with E-state index in [1.807, 2.05) is 0 Å². The summed E-state index contributed by atoms with van der Waals surface area (Å²) in [6, 6.07) is 4.78. The predicted molar refractivity (Wildman–Crippen MR) is 149 cm³/mol. The normalized spacial score (nSPS) is 29.8. The van der Waals surface area contributed by atoms with Crippen LogP contribution in [0.2, 0.25) is 0 Å². The number of morpholine rings is 1. The van der Waals surface area contributed by atoms with E-state index in [1.165, 1.54) is 63.3 Å². The van der Waals surface area contributed by atoms with Crippen molar-refractivity contribution in [3.63, 3.8) is 0 Å². The van der Waals surface area contributed by atoms with Gasteiger partial charge in [0.2, 0.25) is 0 Å². The molecule has 2 N–H and O–H groups in total. The summed E-state index contributed by atoms with van der Waals surface area (Å²) < 4.78 is 21.5. The second-order valence-corrected chi connectivity index (χ2v) is 17.0. The van der Waals surface area contributed by atoms with Crippen LogP contribution >= 0.6 is 9.22 Å². The van der Waals surface area contributed by atoms with Gasteiger partial charge in [-0.05, 0) is 54.1 Å². The van der Waals surface area contributed by atoms with Gasteiger partial charge in [-0.15, -0.1) is 0 Å². The maximum atomic E-state index is 6.12. The quantitative estimate of drug-likeness (QED) is 0.588. The molecule has 5 fully saturated rings. The number of aromatic nitrogens is 1. The highest BCUT2D eigenvalue weighted by atomic mass is 32.4. The molecule has 6 heterocycles. The van der Waals surface area contributed by atoms with E-state index in [-0.39, 0.29) is 0 Å². The van der Waals surface area contributed by atoms with Crippen LogP contribution in [0.5, 0.6) is 0 Å². The number of aromatic amines is 1. The first-order valence-corrected chi connectivity index (χ1v) is 16.9. The summed E-state index contributed by atoms with van der Waals surface area (Å²) in [5.74, 6) is 0. The Morgan fingerprint density at radius 1 is 0.639 bits per heavy atom. The van der Waals surface area contributed by atoms with Crippen molar-refractivity contribution in [2.45, 2.75) is 37.1 Å². The summed E-state index contributed by atoms with van der Waals surface area (Å²) >= 11 is 0. The molecule has 5 aliphatic heterocycles. The number of hydrogen-bond donors (Lipinski definition) is 2. The number of nitrogens with zero attached hydrogens (tertiary/aromatic N) is 6. The van der Waals surface area contributed by atoms with Crippen LogP contribution in [0, 0.1) is 0 Å². The van der Waals surface area contributed by atoms with Crippen LogP contribution in [-0.2, 0) is 4.74 Å². The van der Waals surface area contributed by atoms with Gasteiger partial charge in [0.15, 0.2) is 0 Å². The van der Waals surface area contributed by atoms with Gasteiger partial charge in [-0.1, -0.05) is 6.42 Å². The summed E-state index contributed by atoms with van der Waals surface area (Å²) in [5.41, 5.74) is 0. The molecule has 5 saturated heterocycles. The summed E-state index contributed by atoms with van der Waals surface area (Å²) in [5, 5.41) is 5.20. The van der Waals surface area contributed by atoms with Gasteiger partial charge in [0.05, 0.1) is 18.2 Å². The van der Waals surface area contributed by atoms with Crippen molar-refractivity contribution >= 4 is 9.22 Å². The lowest BCUT2D eigenvalue weighted by Crippen LogP contribution is -2.85. The number of nitrogens with one attached hydrogen (secondary N) is 2. The molecule has 6 rings (SSSR count). The van der Waals surface area contributed by atoms with Gasteiger partial charge in [0.1, 0.15) is 0 Å². The lowest BCUT2D eigenvalue weighted by Gasteiger charge is -2.97. The molecule has 1 aromatic heterocycles. The Hall–Kier alpha value is -0.690. The zero-order valence-corrected chi connectivity index (χ0v) is 23.4. The van der Waals surface area contributed by atoms with Crippen LogP contribution in [0.3, 0.4) is 0 Å². The molecular weight excluding hydrogens is 472 g/mol. The Morgan fingerprint density at radius 3 is 1.75 bits per heavy atom. The molecule has 0 saturated carbocycles. The Morgan fingerprint density at radius 2 is 1.17 bits per heavy atom. The van der Waals surface area contributed by atoms with Gasteiger partial charge in [0, 0.05) is 97.8 Å². The molecule has 0 radical (unpaired) electrons. The van der Waals surface area contributed by atoms with Gasteiger partial charge < -0.3 is 19.9 Å². The number of likely N-dealkylation sites (N-methyl/N-ethyl adjacent to an activating group) is 1. The van der Waals surface area contributed by atoms with E-state index < -0.39 is 9.22 Å². The number of piperazine rings is 2. The van der Waals surface area contributed by atoms with Crippen molar-refractivity contribution in [2.75, 3.05) is 112 Å². The van der Waals surface area contributed by atoms with Crippen LogP contribution < -0.4 is 5.32 Å². The molecule has 0 unspecified atom stereocenters. The monoisotopic (exact) mass is 522 g/mol. The van der Waals surface area contributed by atoms with E-state index in [2.05, 4.69) is 62.1 Å². The smallest absolute Gasteiger partial charge is 0.0991 e. The van der Waals surface area contributed by atoms with Crippen molar-refractivity contribution in [2.24, 2.45) is 0 Å². The van der Waals surface area contributed by atoms with Gasteiger partial charge in [0.25, 0.3) is 0 Å². The minimum atomic E-state index is -3.79. The number of ether oxygens (including phenoxy) is 1. The standard InChI is InChI=1S/C26H50N8OS/c1-29-18-20-33(21-19-29)36(26-8-7-9-28-26,31-14-5-6-15-31,30-12-3-2-4-13-30,32-16-10-27-11-17-32)34-22-24-35-25-23-34/h7-9,27-28H,2-6,10-25H2,1H3. The molecule has 0 bridgehead atoms. The highest BCUT2D eigenvalue weighted by molar-refractivity contribution is 8.56. The number of rotatable bonds is 6. The van der Waals surface area contributed by atoms with Crippen molar-refractivity contribution < 1.29 is 4.74 Å². The molecule has 0 spiro atoms. The van der Waals surface area contributed by atoms with Crippen LogP contribution in [0.15, 0.2) is 23.4 Å². The summed E-state index contributed by atoms with van der Waals surface area (Å²) in [6.07, 6.45) is 8.73. The number of hydrogen-bond acceptors (Lipinski definition) is 8. The highest BCUT2D eigenvalue weighted by Crippen LogP contribution is 3.01. The van der Waals surface area contributed by atoms with Crippen LogP contribution in [0.25, 0.3) is 0 Å². The van der Waals surface area contributed by atoms with Crippen LogP contribution in [0.1, 0.15) is 32.1 Å². The predicted octanol–water partition coefficient (Wildman–Crippen LogP) is 1.89. The average Bonchev–Trinajstić information content (AvgIpc) is 3.70. The molecule has 0 amide bonds. The highest BCUT2D eigenvalue weighted by Gasteiger charge is 2.79. The Balaban J connectivity index is 1.76. The number of H-pyrrole nitrogens is 1. The Kier molecular flexibility index (Phi) is 6.97. The molecular formula is C26H50N8OS. The van der Waals surface area contributed by atoms with Gasteiger partial charge in [-0.2, -0.15) is 0 Å². The third-order valence-corrected chi connectivity index (χ3v) is 18.9. The molecule has 10 heteroatoms. The van der Waals surface area contributed by atoms with Gasteiger partial charge in [-0.25, -0.2) is 21.5 Å². The fourth-order valence-corrected chi connectivity index (χ4v) is 19.1. The molecule has 0 aromatic carbocycles. The van der Waals surface area contributed by atoms with Crippen molar-refractivity contribution in [3.8, 4) is 0 Å². The first-order chi connectivity index (χ1) is 17.7. The zero-order valence-electron chi connectivity index (χ0n) is 22.6. The first kappa shape index (κ1) is 25.6. The zero-order chi connectivity index (χ0) is 24.5. The fraction of sp³-hybridized carbons (Fsp3) is 0.846. The number of piperidine rings is 1. The maximum Gasteiger partial charge on any atom is 0.0991 e. The van der Waals surface area contributed by atoms with E-state index in [0.29, 0.717) is 0 Å². The Labute approximate surface area is 218 Å². The molecule has 206 valence electrons. The molecule has 0 atom stereocenters. The van der Waals surface area contributed by atoms with Crippen LogP contribution in [0.4, 0.5) is 0 Å². The summed E-state index contributed by atoms with van der Waals surface area (Å²) in [7, 11) is -1.48. The molecule has 36 heavy (non-hydrogen) atoms. The second-order valence-electron chi connectivity index (χ2n) is 11.4. The van der Waals surface area contributed by atoms with Crippen molar-refractivity contribution in [1.82, 2.24) is 36.7 Å². The lowest BCUT2D eigenvalue weighted by atomic mass is 10.2. The molecule has 0 aliphatic carbocycles. The molecule has 5 aliphatic rings. The van der Waals surface area contributed by atoms with Crippen molar-refractivity contribution in [1.29, 1.82) is 0 Å². The summed E-state index contributed by atoms with van der Waals surface area (Å²) in [6.45, 7) is 17.0. The van der Waals surface area contributed by atoms with E-state index in [0.717, 1.165) is 78.7 Å².